The van der Waals surface area contributed by atoms with Crippen molar-refractivity contribution < 1.29 is 4.74 Å². The van der Waals surface area contributed by atoms with Gasteiger partial charge in [-0.2, -0.15) is 10.2 Å². The van der Waals surface area contributed by atoms with Gasteiger partial charge in [0.1, 0.15) is 11.4 Å². The van der Waals surface area contributed by atoms with Crippen LogP contribution >= 0.6 is 0 Å². The average Bonchev–Trinajstić information content (AvgIpc) is 2.14. The number of azo groups is 1. The smallest absolute Gasteiger partial charge is 0.146 e. The molecule has 3 nitrogen and oxygen atoms in total. The van der Waals surface area contributed by atoms with E-state index in [9.17, 15) is 0 Å². The SMILES string of the molecule is COc1ccccc1N=NC(C)(C)C. The van der Waals surface area contributed by atoms with Crippen LogP contribution in [-0.2, 0) is 0 Å². The first-order valence-electron chi connectivity index (χ1n) is 4.59. The Bertz CT molecular complexity index is 326. The highest BCUT2D eigenvalue weighted by Gasteiger charge is 2.07. The van der Waals surface area contributed by atoms with Gasteiger partial charge in [0.2, 0.25) is 0 Å². The third-order valence-corrected chi connectivity index (χ3v) is 1.54. The number of ether oxygens (including phenoxy) is 1. The maximum atomic E-state index is 5.16. The van der Waals surface area contributed by atoms with E-state index in [1.54, 1.807) is 7.11 Å². The van der Waals surface area contributed by atoms with Crippen LogP contribution in [0.1, 0.15) is 20.8 Å². The van der Waals surface area contributed by atoms with E-state index >= 15 is 0 Å². The Kier molecular flexibility index (Phi) is 3.23. The molecular weight excluding hydrogens is 176 g/mol. The molecule has 0 saturated carbocycles. The zero-order valence-electron chi connectivity index (χ0n) is 9.11. The minimum atomic E-state index is -0.152. The molecule has 0 aliphatic rings. The molecule has 0 atom stereocenters. The lowest BCUT2D eigenvalue weighted by atomic mass is 10.1. The summed E-state index contributed by atoms with van der Waals surface area (Å²) in [4.78, 5) is 0. The fraction of sp³-hybridized carbons (Fsp3) is 0.455. The molecule has 0 bridgehead atoms. The van der Waals surface area contributed by atoms with E-state index < -0.39 is 0 Å². The fourth-order valence-corrected chi connectivity index (χ4v) is 0.916. The first kappa shape index (κ1) is 10.7. The first-order chi connectivity index (χ1) is 6.53. The molecule has 0 amide bonds. The standard InChI is InChI=1S/C11H16N2O/c1-11(2,3)13-12-9-7-5-6-8-10(9)14-4/h5-8H,1-4H3. The van der Waals surface area contributed by atoms with Gasteiger partial charge < -0.3 is 4.74 Å². The summed E-state index contributed by atoms with van der Waals surface area (Å²) < 4.78 is 5.16. The maximum absolute atomic E-state index is 5.16. The topological polar surface area (TPSA) is 34.0 Å². The van der Waals surface area contributed by atoms with E-state index in [0.29, 0.717) is 0 Å². The molecule has 0 fully saturated rings. The minimum Gasteiger partial charge on any atom is -0.494 e. The second-order valence-electron chi connectivity index (χ2n) is 4.04. The van der Waals surface area contributed by atoms with Crippen molar-refractivity contribution in [3.05, 3.63) is 24.3 Å². The summed E-state index contributed by atoms with van der Waals surface area (Å²) in [6, 6.07) is 7.58. The molecule has 0 aromatic heterocycles. The van der Waals surface area contributed by atoms with Gasteiger partial charge in [-0.05, 0) is 32.9 Å². The number of hydrogen-bond donors (Lipinski definition) is 0. The Morgan fingerprint density at radius 3 is 2.36 bits per heavy atom. The van der Waals surface area contributed by atoms with Crippen molar-refractivity contribution in [2.24, 2.45) is 10.2 Å². The Hall–Kier alpha value is -1.38. The zero-order chi connectivity index (χ0) is 10.6. The minimum absolute atomic E-state index is 0.152. The second-order valence-corrected chi connectivity index (χ2v) is 4.04. The molecule has 0 N–H and O–H groups in total. The quantitative estimate of drug-likeness (QED) is 0.659. The van der Waals surface area contributed by atoms with Crippen LogP contribution in [0, 0.1) is 0 Å². The lowest BCUT2D eigenvalue weighted by Crippen LogP contribution is -2.07. The van der Waals surface area contributed by atoms with Crippen molar-refractivity contribution in [1.29, 1.82) is 0 Å². The van der Waals surface area contributed by atoms with Crippen LogP contribution in [0.5, 0.6) is 5.75 Å². The summed E-state index contributed by atoms with van der Waals surface area (Å²) in [5, 5.41) is 8.33. The van der Waals surface area contributed by atoms with Gasteiger partial charge in [0.15, 0.2) is 0 Å². The molecule has 0 aliphatic carbocycles. The van der Waals surface area contributed by atoms with E-state index in [1.165, 1.54) is 0 Å². The van der Waals surface area contributed by atoms with Crippen molar-refractivity contribution in [3.8, 4) is 5.75 Å². The predicted molar refractivity (Wildman–Crippen MR) is 57.3 cm³/mol. The predicted octanol–water partition coefficient (Wildman–Crippen LogP) is 3.58. The zero-order valence-corrected chi connectivity index (χ0v) is 9.11. The van der Waals surface area contributed by atoms with Crippen molar-refractivity contribution in [3.63, 3.8) is 0 Å². The van der Waals surface area contributed by atoms with E-state index in [1.807, 2.05) is 45.0 Å². The van der Waals surface area contributed by atoms with E-state index in [0.717, 1.165) is 11.4 Å². The van der Waals surface area contributed by atoms with Crippen molar-refractivity contribution in [2.45, 2.75) is 26.3 Å². The van der Waals surface area contributed by atoms with Gasteiger partial charge in [-0.15, -0.1) is 0 Å². The number of hydrogen-bond acceptors (Lipinski definition) is 3. The van der Waals surface area contributed by atoms with Gasteiger partial charge in [-0.3, -0.25) is 0 Å². The number of methoxy groups -OCH3 is 1. The van der Waals surface area contributed by atoms with E-state index in [-0.39, 0.29) is 5.54 Å². The molecule has 76 valence electrons. The van der Waals surface area contributed by atoms with E-state index in [2.05, 4.69) is 10.2 Å². The van der Waals surface area contributed by atoms with Gasteiger partial charge in [0, 0.05) is 0 Å². The van der Waals surface area contributed by atoms with Gasteiger partial charge in [0.25, 0.3) is 0 Å². The highest BCUT2D eigenvalue weighted by atomic mass is 16.5. The second kappa shape index (κ2) is 4.22. The molecule has 1 aromatic rings. The number of rotatable bonds is 2. The Labute approximate surface area is 84.8 Å². The third-order valence-electron chi connectivity index (χ3n) is 1.54. The normalized spacial score (nSPS) is 12.0. The van der Waals surface area contributed by atoms with Crippen LogP contribution in [-0.4, -0.2) is 12.6 Å². The molecular formula is C11H16N2O. The molecule has 0 heterocycles. The highest BCUT2D eigenvalue weighted by Crippen LogP contribution is 2.27. The summed E-state index contributed by atoms with van der Waals surface area (Å²) in [5.74, 6) is 0.750. The maximum Gasteiger partial charge on any atom is 0.146 e. The summed E-state index contributed by atoms with van der Waals surface area (Å²) in [6.45, 7) is 6.02. The van der Waals surface area contributed by atoms with Crippen LogP contribution < -0.4 is 4.74 Å². The Morgan fingerprint density at radius 1 is 1.14 bits per heavy atom. The molecule has 14 heavy (non-hydrogen) atoms. The van der Waals surface area contributed by atoms with E-state index in [4.69, 9.17) is 4.74 Å². The lowest BCUT2D eigenvalue weighted by molar-refractivity contribution is 0.415. The van der Waals surface area contributed by atoms with Gasteiger partial charge in [-0.1, -0.05) is 12.1 Å². The summed E-state index contributed by atoms with van der Waals surface area (Å²) >= 11 is 0. The van der Waals surface area contributed by atoms with Crippen molar-refractivity contribution in [1.82, 2.24) is 0 Å². The molecule has 0 radical (unpaired) electrons. The Morgan fingerprint density at radius 2 is 1.79 bits per heavy atom. The fourth-order valence-electron chi connectivity index (χ4n) is 0.916. The Balaban J connectivity index is 2.91. The molecule has 0 saturated heterocycles. The molecule has 1 rings (SSSR count). The summed E-state index contributed by atoms with van der Waals surface area (Å²) in [6.07, 6.45) is 0. The molecule has 0 spiro atoms. The molecule has 1 aromatic carbocycles. The first-order valence-corrected chi connectivity index (χ1v) is 4.59. The van der Waals surface area contributed by atoms with Crippen LogP contribution in [0.3, 0.4) is 0 Å². The summed E-state index contributed by atoms with van der Waals surface area (Å²) in [7, 11) is 1.63. The molecule has 3 heteroatoms. The number of para-hydroxylation sites is 1. The van der Waals surface area contributed by atoms with Crippen LogP contribution in [0.4, 0.5) is 5.69 Å². The summed E-state index contributed by atoms with van der Waals surface area (Å²) in [5.41, 5.74) is 0.617. The van der Waals surface area contributed by atoms with Crippen molar-refractivity contribution >= 4 is 5.69 Å². The number of benzene rings is 1. The lowest BCUT2D eigenvalue weighted by Gasteiger charge is -2.09. The van der Waals surface area contributed by atoms with Crippen LogP contribution in [0.2, 0.25) is 0 Å². The molecule has 0 aliphatic heterocycles. The monoisotopic (exact) mass is 192 g/mol. The number of nitrogens with zero attached hydrogens (tertiary/aromatic N) is 2. The van der Waals surface area contributed by atoms with Gasteiger partial charge in [0.05, 0.1) is 12.6 Å². The van der Waals surface area contributed by atoms with Crippen LogP contribution in [0.15, 0.2) is 34.5 Å². The van der Waals surface area contributed by atoms with Gasteiger partial charge in [-0.25, -0.2) is 0 Å². The van der Waals surface area contributed by atoms with Gasteiger partial charge >= 0.3 is 0 Å². The average molecular weight is 192 g/mol. The third kappa shape index (κ3) is 3.17. The largest absolute Gasteiger partial charge is 0.494 e. The van der Waals surface area contributed by atoms with Crippen molar-refractivity contribution in [2.75, 3.05) is 7.11 Å². The highest BCUT2D eigenvalue weighted by molar-refractivity contribution is 5.50. The molecule has 0 unspecified atom stereocenters. The van der Waals surface area contributed by atoms with Crippen LogP contribution in [0.25, 0.3) is 0 Å².